The van der Waals surface area contributed by atoms with Gasteiger partial charge in [0.1, 0.15) is 5.75 Å². The molecular formula is C21H28N2O4S. The molecule has 0 aliphatic rings. The zero-order valence-corrected chi connectivity index (χ0v) is 17.9. The van der Waals surface area contributed by atoms with Crippen LogP contribution in [0.4, 0.5) is 5.69 Å². The first kappa shape index (κ1) is 21.8. The average Bonchev–Trinajstić information content (AvgIpc) is 2.66. The lowest BCUT2D eigenvalue weighted by molar-refractivity contribution is -0.138. The second-order valence-corrected chi connectivity index (χ2v) is 8.93. The number of anilines is 1. The van der Waals surface area contributed by atoms with E-state index in [1.54, 1.807) is 36.2 Å². The van der Waals surface area contributed by atoms with Gasteiger partial charge in [-0.1, -0.05) is 36.8 Å². The van der Waals surface area contributed by atoms with E-state index < -0.39 is 16.1 Å². The fraction of sp³-hybridized carbons (Fsp3) is 0.381. The number of aryl methyl sites for hydroxylation is 1. The first-order valence-electron chi connectivity index (χ1n) is 9.13. The molecule has 0 radical (unpaired) electrons. The first-order chi connectivity index (χ1) is 13.1. The van der Waals surface area contributed by atoms with E-state index in [1.807, 2.05) is 38.1 Å². The van der Waals surface area contributed by atoms with Gasteiger partial charge in [-0.3, -0.25) is 9.10 Å². The number of nitrogens with zero attached hydrogens (tertiary/aromatic N) is 2. The van der Waals surface area contributed by atoms with E-state index in [-0.39, 0.29) is 5.91 Å². The molecule has 0 heterocycles. The van der Waals surface area contributed by atoms with Crippen molar-refractivity contribution in [3.8, 4) is 5.75 Å². The highest BCUT2D eigenvalue weighted by Gasteiger charge is 2.22. The molecule has 1 atom stereocenters. The Labute approximate surface area is 167 Å². The Hall–Kier alpha value is -2.54. The molecule has 0 N–H and O–H groups in total. The highest BCUT2D eigenvalue weighted by Crippen LogP contribution is 2.22. The van der Waals surface area contributed by atoms with E-state index in [0.29, 0.717) is 24.4 Å². The Morgan fingerprint density at radius 2 is 1.61 bits per heavy atom. The number of likely N-dealkylation sites (N-methyl/N-ethyl adjacent to an activating group) is 1. The number of sulfonamides is 1. The van der Waals surface area contributed by atoms with Crippen LogP contribution in [0.2, 0.25) is 0 Å². The van der Waals surface area contributed by atoms with Crippen LogP contribution >= 0.6 is 0 Å². The van der Waals surface area contributed by atoms with Crippen molar-refractivity contribution < 1.29 is 17.9 Å². The Morgan fingerprint density at radius 3 is 2.11 bits per heavy atom. The van der Waals surface area contributed by atoms with E-state index in [2.05, 4.69) is 0 Å². The summed E-state index contributed by atoms with van der Waals surface area (Å²) in [5.74, 6) is 0.426. The molecule has 0 fully saturated rings. The van der Waals surface area contributed by atoms with Gasteiger partial charge in [-0.15, -0.1) is 0 Å². The summed E-state index contributed by atoms with van der Waals surface area (Å²) in [6.45, 7) is 4.43. The molecular weight excluding hydrogens is 376 g/mol. The minimum absolute atomic E-state index is 0.0968. The summed E-state index contributed by atoms with van der Waals surface area (Å²) in [4.78, 5) is 14.4. The van der Waals surface area contributed by atoms with E-state index in [1.165, 1.54) is 16.9 Å². The summed E-state index contributed by atoms with van der Waals surface area (Å²) in [6.07, 6.45) is 1.07. The van der Waals surface area contributed by atoms with Crippen molar-refractivity contribution in [2.24, 2.45) is 0 Å². The summed E-state index contributed by atoms with van der Waals surface area (Å²) in [5, 5.41) is 0. The molecule has 0 aromatic heterocycles. The predicted octanol–water partition coefficient (Wildman–Crippen LogP) is 3.21. The number of benzene rings is 2. The molecule has 0 aliphatic heterocycles. The molecule has 0 aliphatic carbocycles. The molecule has 2 aromatic carbocycles. The SMILES string of the molecule is CC[C@@H](Oc1ccc(N(C)S(C)(=O)=O)cc1)C(=O)N(C)Cc1ccc(C)cc1. The van der Waals surface area contributed by atoms with Gasteiger partial charge in [0.2, 0.25) is 10.0 Å². The third-order valence-electron chi connectivity index (χ3n) is 4.54. The quantitative estimate of drug-likeness (QED) is 0.678. The molecule has 152 valence electrons. The van der Waals surface area contributed by atoms with Crippen LogP contribution in [-0.2, 0) is 21.4 Å². The van der Waals surface area contributed by atoms with Crippen molar-refractivity contribution in [2.75, 3.05) is 24.7 Å². The Bertz CT molecular complexity index is 893. The van der Waals surface area contributed by atoms with Crippen LogP contribution in [0.15, 0.2) is 48.5 Å². The number of hydrogen-bond donors (Lipinski definition) is 0. The zero-order chi connectivity index (χ0) is 20.9. The molecule has 0 spiro atoms. The number of ether oxygens (including phenoxy) is 1. The van der Waals surface area contributed by atoms with Crippen LogP contribution in [0, 0.1) is 6.92 Å². The van der Waals surface area contributed by atoms with E-state index in [4.69, 9.17) is 4.74 Å². The van der Waals surface area contributed by atoms with Gasteiger partial charge in [-0.25, -0.2) is 8.42 Å². The topological polar surface area (TPSA) is 66.9 Å². The Kier molecular flexibility index (Phi) is 7.07. The molecule has 6 nitrogen and oxygen atoms in total. The highest BCUT2D eigenvalue weighted by molar-refractivity contribution is 7.92. The van der Waals surface area contributed by atoms with E-state index in [9.17, 15) is 13.2 Å². The molecule has 28 heavy (non-hydrogen) atoms. The molecule has 0 saturated heterocycles. The number of amides is 1. The van der Waals surface area contributed by atoms with Gasteiger partial charge in [0.25, 0.3) is 5.91 Å². The van der Waals surface area contributed by atoms with Crippen LogP contribution in [0.5, 0.6) is 5.75 Å². The van der Waals surface area contributed by atoms with Crippen LogP contribution in [-0.4, -0.2) is 45.7 Å². The number of carbonyl (C=O) groups excluding carboxylic acids is 1. The van der Waals surface area contributed by atoms with Gasteiger partial charge in [0.05, 0.1) is 11.9 Å². The van der Waals surface area contributed by atoms with Crippen LogP contribution in [0.3, 0.4) is 0 Å². The normalized spacial score (nSPS) is 12.3. The summed E-state index contributed by atoms with van der Waals surface area (Å²) in [7, 11) is -0.0699. The van der Waals surface area contributed by atoms with Crippen LogP contribution in [0.1, 0.15) is 24.5 Å². The lowest BCUT2D eigenvalue weighted by atomic mass is 10.1. The largest absolute Gasteiger partial charge is 0.481 e. The van der Waals surface area contributed by atoms with Crippen molar-refractivity contribution in [1.82, 2.24) is 4.90 Å². The van der Waals surface area contributed by atoms with Crippen molar-refractivity contribution >= 4 is 21.6 Å². The van der Waals surface area contributed by atoms with Crippen molar-refractivity contribution in [2.45, 2.75) is 32.9 Å². The Morgan fingerprint density at radius 1 is 1.04 bits per heavy atom. The van der Waals surface area contributed by atoms with Gasteiger partial charge >= 0.3 is 0 Å². The van der Waals surface area contributed by atoms with Gasteiger partial charge < -0.3 is 9.64 Å². The third kappa shape index (κ3) is 5.73. The van der Waals surface area contributed by atoms with Gasteiger partial charge in [0.15, 0.2) is 6.10 Å². The third-order valence-corrected chi connectivity index (χ3v) is 5.74. The van der Waals surface area contributed by atoms with Gasteiger partial charge in [0, 0.05) is 20.6 Å². The smallest absolute Gasteiger partial charge is 0.263 e. The van der Waals surface area contributed by atoms with Crippen LogP contribution in [0.25, 0.3) is 0 Å². The van der Waals surface area contributed by atoms with Crippen molar-refractivity contribution in [3.05, 3.63) is 59.7 Å². The van der Waals surface area contributed by atoms with E-state index in [0.717, 1.165) is 11.8 Å². The van der Waals surface area contributed by atoms with Gasteiger partial charge in [-0.2, -0.15) is 0 Å². The summed E-state index contributed by atoms with van der Waals surface area (Å²) < 4.78 is 30.3. The lowest BCUT2D eigenvalue weighted by Gasteiger charge is -2.24. The predicted molar refractivity (Wildman–Crippen MR) is 112 cm³/mol. The highest BCUT2D eigenvalue weighted by atomic mass is 32.2. The monoisotopic (exact) mass is 404 g/mol. The first-order valence-corrected chi connectivity index (χ1v) is 11.0. The maximum absolute atomic E-state index is 12.8. The van der Waals surface area contributed by atoms with Crippen molar-refractivity contribution in [1.29, 1.82) is 0 Å². The molecule has 2 rings (SSSR count). The zero-order valence-electron chi connectivity index (χ0n) is 17.0. The second-order valence-electron chi connectivity index (χ2n) is 6.92. The molecule has 7 heteroatoms. The number of hydrogen-bond acceptors (Lipinski definition) is 4. The Balaban J connectivity index is 2.04. The van der Waals surface area contributed by atoms with Gasteiger partial charge in [-0.05, 0) is 43.2 Å². The van der Waals surface area contributed by atoms with E-state index >= 15 is 0 Å². The fourth-order valence-corrected chi connectivity index (χ4v) is 3.19. The standard InChI is InChI=1S/C21H28N2O4S/c1-6-20(21(24)22(3)15-17-9-7-16(2)8-10-17)27-19-13-11-18(12-14-19)23(4)28(5,25)26/h7-14,20H,6,15H2,1-5H3/t20-/m1/s1. The number of rotatable bonds is 8. The summed E-state index contributed by atoms with van der Waals surface area (Å²) in [6, 6.07) is 14.7. The lowest BCUT2D eigenvalue weighted by Crippen LogP contribution is -2.39. The molecule has 1 amide bonds. The summed E-state index contributed by atoms with van der Waals surface area (Å²) in [5.41, 5.74) is 2.77. The maximum atomic E-state index is 12.8. The molecule has 2 aromatic rings. The summed E-state index contributed by atoms with van der Waals surface area (Å²) >= 11 is 0. The van der Waals surface area contributed by atoms with Crippen LogP contribution < -0.4 is 9.04 Å². The maximum Gasteiger partial charge on any atom is 0.263 e. The minimum atomic E-state index is -3.32. The number of carbonyl (C=O) groups is 1. The average molecular weight is 405 g/mol. The minimum Gasteiger partial charge on any atom is -0.481 e. The molecule has 0 unspecified atom stereocenters. The molecule has 0 saturated carbocycles. The fourth-order valence-electron chi connectivity index (χ4n) is 2.69. The van der Waals surface area contributed by atoms with Crippen molar-refractivity contribution in [3.63, 3.8) is 0 Å². The molecule has 0 bridgehead atoms. The second kappa shape index (κ2) is 9.10.